The highest BCUT2D eigenvalue weighted by molar-refractivity contribution is 5.73. The van der Waals surface area contributed by atoms with Crippen molar-refractivity contribution < 1.29 is 4.79 Å². The molecule has 0 atom stereocenters. The van der Waals surface area contributed by atoms with Crippen LogP contribution in [0.2, 0.25) is 0 Å². The average molecular weight is 240 g/mol. The van der Waals surface area contributed by atoms with Crippen molar-refractivity contribution in [2.45, 2.75) is 52.9 Å². The summed E-state index contributed by atoms with van der Waals surface area (Å²) in [6.45, 7) is 8.83. The van der Waals surface area contributed by atoms with Crippen LogP contribution in [0.1, 0.15) is 52.9 Å². The Morgan fingerprint density at radius 2 is 1.82 bits per heavy atom. The summed E-state index contributed by atoms with van der Waals surface area (Å²) in [6.07, 6.45) is 5.81. The Labute approximate surface area is 106 Å². The third kappa shape index (κ3) is 5.53. The minimum atomic E-state index is -0.214. The molecule has 1 aliphatic rings. The zero-order chi connectivity index (χ0) is 12.9. The van der Waals surface area contributed by atoms with Gasteiger partial charge in [-0.25, -0.2) is 0 Å². The van der Waals surface area contributed by atoms with E-state index in [4.69, 9.17) is 5.73 Å². The smallest absolute Gasteiger partial charge is 0.218 e. The maximum Gasteiger partial charge on any atom is 0.218 e. The van der Waals surface area contributed by atoms with Crippen LogP contribution in [0.5, 0.6) is 0 Å². The molecule has 0 aliphatic heterocycles. The van der Waals surface area contributed by atoms with E-state index in [0.29, 0.717) is 11.8 Å². The number of hydrogen-bond acceptors (Lipinski definition) is 2. The predicted molar refractivity (Wildman–Crippen MR) is 71.6 cm³/mol. The SMILES string of the molecule is CC(C)(C)C1CCC(CNCCC(N)=O)CC1. The molecule has 0 unspecified atom stereocenters. The first-order chi connectivity index (χ1) is 7.89. The van der Waals surface area contributed by atoms with E-state index < -0.39 is 0 Å². The fraction of sp³-hybridized carbons (Fsp3) is 0.929. The Morgan fingerprint density at radius 1 is 1.24 bits per heavy atom. The quantitative estimate of drug-likeness (QED) is 0.725. The molecule has 0 saturated heterocycles. The lowest BCUT2D eigenvalue weighted by molar-refractivity contribution is -0.117. The van der Waals surface area contributed by atoms with Gasteiger partial charge < -0.3 is 11.1 Å². The molecule has 1 aliphatic carbocycles. The van der Waals surface area contributed by atoms with Crippen LogP contribution in [0.3, 0.4) is 0 Å². The molecule has 0 radical (unpaired) electrons. The number of carbonyl (C=O) groups excluding carboxylic acids is 1. The maximum atomic E-state index is 10.6. The molecular weight excluding hydrogens is 212 g/mol. The molecule has 1 saturated carbocycles. The Kier molecular flexibility index (Phi) is 5.44. The third-order valence-corrected chi connectivity index (χ3v) is 4.05. The highest BCUT2D eigenvalue weighted by Crippen LogP contribution is 2.39. The fourth-order valence-electron chi connectivity index (χ4n) is 2.75. The molecule has 3 nitrogen and oxygen atoms in total. The normalized spacial score (nSPS) is 25.8. The van der Waals surface area contributed by atoms with Crippen LogP contribution in [0.25, 0.3) is 0 Å². The van der Waals surface area contributed by atoms with Crippen LogP contribution >= 0.6 is 0 Å². The highest BCUT2D eigenvalue weighted by Gasteiger charge is 2.29. The van der Waals surface area contributed by atoms with Gasteiger partial charge in [0.05, 0.1) is 0 Å². The Balaban J connectivity index is 2.13. The van der Waals surface area contributed by atoms with E-state index in [1.165, 1.54) is 25.7 Å². The van der Waals surface area contributed by atoms with Crippen LogP contribution in [0, 0.1) is 17.3 Å². The third-order valence-electron chi connectivity index (χ3n) is 4.05. The van der Waals surface area contributed by atoms with E-state index in [1.807, 2.05) is 0 Å². The van der Waals surface area contributed by atoms with Gasteiger partial charge in [0.15, 0.2) is 0 Å². The van der Waals surface area contributed by atoms with Crippen LogP contribution in [-0.4, -0.2) is 19.0 Å². The number of hydrogen-bond donors (Lipinski definition) is 2. The van der Waals surface area contributed by atoms with E-state index in [1.54, 1.807) is 0 Å². The van der Waals surface area contributed by atoms with Gasteiger partial charge in [0.2, 0.25) is 5.91 Å². The van der Waals surface area contributed by atoms with Crippen molar-refractivity contribution in [3.8, 4) is 0 Å². The van der Waals surface area contributed by atoms with Gasteiger partial charge in [0.25, 0.3) is 0 Å². The number of nitrogens with two attached hydrogens (primary N) is 1. The summed E-state index contributed by atoms with van der Waals surface area (Å²) in [4.78, 5) is 10.6. The summed E-state index contributed by atoms with van der Waals surface area (Å²) < 4.78 is 0. The molecule has 0 aromatic carbocycles. The standard InChI is InChI=1S/C14H28N2O/c1-14(2,3)12-6-4-11(5-7-12)10-16-9-8-13(15)17/h11-12,16H,4-10H2,1-3H3,(H2,15,17). The average Bonchev–Trinajstić information content (AvgIpc) is 2.23. The minimum absolute atomic E-state index is 0.214. The second-order valence-electron chi connectivity index (χ2n) is 6.50. The molecule has 3 N–H and O–H groups in total. The van der Waals surface area contributed by atoms with Gasteiger partial charge in [0.1, 0.15) is 0 Å². The van der Waals surface area contributed by atoms with E-state index in [0.717, 1.165) is 24.9 Å². The second kappa shape index (κ2) is 6.39. The minimum Gasteiger partial charge on any atom is -0.370 e. The first-order valence-corrected chi connectivity index (χ1v) is 6.88. The highest BCUT2D eigenvalue weighted by atomic mass is 16.1. The summed E-state index contributed by atoms with van der Waals surface area (Å²) >= 11 is 0. The van der Waals surface area contributed by atoms with E-state index in [2.05, 4.69) is 26.1 Å². The van der Waals surface area contributed by atoms with Crippen LogP contribution < -0.4 is 11.1 Å². The Hall–Kier alpha value is -0.570. The molecule has 0 aromatic rings. The topological polar surface area (TPSA) is 55.1 Å². The molecule has 17 heavy (non-hydrogen) atoms. The van der Waals surface area contributed by atoms with Gasteiger partial charge in [-0.3, -0.25) is 4.79 Å². The monoisotopic (exact) mass is 240 g/mol. The Morgan fingerprint density at radius 3 is 2.29 bits per heavy atom. The number of rotatable bonds is 5. The molecule has 0 bridgehead atoms. The molecule has 0 heterocycles. The van der Waals surface area contributed by atoms with Crippen molar-refractivity contribution >= 4 is 5.91 Å². The van der Waals surface area contributed by atoms with Crippen molar-refractivity contribution in [3.63, 3.8) is 0 Å². The lowest BCUT2D eigenvalue weighted by atomic mass is 9.70. The second-order valence-corrected chi connectivity index (χ2v) is 6.50. The molecule has 0 spiro atoms. The van der Waals surface area contributed by atoms with Gasteiger partial charge in [-0.05, 0) is 49.5 Å². The molecule has 100 valence electrons. The summed E-state index contributed by atoms with van der Waals surface area (Å²) in [5.41, 5.74) is 5.56. The van der Waals surface area contributed by atoms with Crippen LogP contribution in [0.15, 0.2) is 0 Å². The van der Waals surface area contributed by atoms with Crippen molar-refractivity contribution in [1.82, 2.24) is 5.32 Å². The van der Waals surface area contributed by atoms with Gasteiger partial charge in [-0.15, -0.1) is 0 Å². The molecular formula is C14H28N2O. The van der Waals surface area contributed by atoms with E-state index in [-0.39, 0.29) is 5.91 Å². The molecule has 0 aromatic heterocycles. The number of nitrogens with one attached hydrogen (secondary N) is 1. The van der Waals surface area contributed by atoms with Crippen LogP contribution in [-0.2, 0) is 4.79 Å². The first-order valence-electron chi connectivity index (χ1n) is 6.88. The van der Waals surface area contributed by atoms with Gasteiger partial charge in [0, 0.05) is 13.0 Å². The van der Waals surface area contributed by atoms with Gasteiger partial charge in [-0.1, -0.05) is 20.8 Å². The molecule has 3 heteroatoms. The molecule has 1 fully saturated rings. The lowest BCUT2D eigenvalue weighted by Gasteiger charge is -2.37. The van der Waals surface area contributed by atoms with Crippen molar-refractivity contribution in [3.05, 3.63) is 0 Å². The lowest BCUT2D eigenvalue weighted by Crippen LogP contribution is -2.32. The van der Waals surface area contributed by atoms with Crippen molar-refractivity contribution in [1.29, 1.82) is 0 Å². The summed E-state index contributed by atoms with van der Waals surface area (Å²) in [7, 11) is 0. The van der Waals surface area contributed by atoms with Crippen LogP contribution in [0.4, 0.5) is 0 Å². The Bertz CT molecular complexity index is 237. The van der Waals surface area contributed by atoms with Crippen molar-refractivity contribution in [2.24, 2.45) is 23.0 Å². The predicted octanol–water partition coefficient (Wildman–Crippen LogP) is 2.30. The van der Waals surface area contributed by atoms with E-state index >= 15 is 0 Å². The fourth-order valence-corrected chi connectivity index (χ4v) is 2.75. The zero-order valence-corrected chi connectivity index (χ0v) is 11.6. The largest absolute Gasteiger partial charge is 0.370 e. The number of carbonyl (C=O) groups is 1. The summed E-state index contributed by atoms with van der Waals surface area (Å²) in [5.74, 6) is 1.46. The summed E-state index contributed by atoms with van der Waals surface area (Å²) in [5, 5.41) is 3.34. The van der Waals surface area contributed by atoms with Crippen molar-refractivity contribution in [2.75, 3.05) is 13.1 Å². The zero-order valence-electron chi connectivity index (χ0n) is 11.6. The number of amides is 1. The number of primary amides is 1. The van der Waals surface area contributed by atoms with Gasteiger partial charge >= 0.3 is 0 Å². The molecule has 1 amide bonds. The van der Waals surface area contributed by atoms with E-state index in [9.17, 15) is 4.79 Å². The van der Waals surface area contributed by atoms with Gasteiger partial charge in [-0.2, -0.15) is 0 Å². The summed E-state index contributed by atoms with van der Waals surface area (Å²) in [6, 6.07) is 0. The first kappa shape index (κ1) is 14.5. The maximum absolute atomic E-state index is 10.6. The molecule has 1 rings (SSSR count).